The van der Waals surface area contributed by atoms with Crippen molar-refractivity contribution < 1.29 is 25.9 Å². The average molecular weight is 336 g/mol. The van der Waals surface area contributed by atoms with E-state index in [1.54, 1.807) is 0 Å². The second kappa shape index (κ2) is 6.45. The molecule has 19 heavy (non-hydrogen) atoms. The van der Waals surface area contributed by atoms with Crippen LogP contribution >= 0.6 is 12.2 Å². The molecule has 1 rings (SSSR count). The first-order chi connectivity index (χ1) is 8.00. The number of nitrogens with two attached hydrogens (primary N) is 1. The van der Waals surface area contributed by atoms with Crippen molar-refractivity contribution in [1.29, 1.82) is 0 Å². The Morgan fingerprint density at radius 2 is 1.42 bits per heavy atom. The molecule has 5 N–H and O–H groups in total. The summed E-state index contributed by atoms with van der Waals surface area (Å²) in [6.45, 7) is 0. The summed E-state index contributed by atoms with van der Waals surface area (Å²) in [4.78, 5) is -1.45. The van der Waals surface area contributed by atoms with Crippen molar-refractivity contribution in [3.63, 3.8) is 0 Å². The molecule has 0 unspecified atom stereocenters. The molecule has 0 amide bonds. The number of hydrogen-bond donors (Lipinski definition) is 4. The zero-order chi connectivity index (χ0) is 14.1. The van der Waals surface area contributed by atoms with E-state index in [0.717, 1.165) is 12.1 Å². The van der Waals surface area contributed by atoms with E-state index < -0.39 is 30.0 Å². The van der Waals surface area contributed by atoms with Crippen molar-refractivity contribution >= 4 is 72.8 Å². The van der Waals surface area contributed by atoms with Crippen LogP contribution in [0.25, 0.3) is 0 Å². The van der Waals surface area contributed by atoms with E-state index in [9.17, 15) is 16.8 Å². The minimum absolute atomic E-state index is 0. The predicted octanol–water partition coefficient (Wildman–Crippen LogP) is -0.813. The van der Waals surface area contributed by atoms with Crippen LogP contribution in [-0.4, -0.2) is 60.6 Å². The van der Waals surface area contributed by atoms with E-state index in [0.29, 0.717) is 6.07 Å². The fraction of sp³-hybridized carbons (Fsp3) is 0. The molecule has 0 aromatic heterocycles. The molecule has 1 aromatic carbocycles. The van der Waals surface area contributed by atoms with Crippen LogP contribution in [0.2, 0.25) is 0 Å². The summed E-state index contributed by atoms with van der Waals surface area (Å²) in [5.74, 6) is 0. The summed E-state index contributed by atoms with van der Waals surface area (Å²) in [6.07, 6.45) is 0. The molecule has 8 nitrogen and oxygen atoms in total. The van der Waals surface area contributed by atoms with Crippen LogP contribution in [0.4, 0.5) is 5.69 Å². The van der Waals surface area contributed by atoms with Gasteiger partial charge in [0.15, 0.2) is 5.11 Å². The van der Waals surface area contributed by atoms with Gasteiger partial charge in [0, 0.05) is 5.69 Å². The fourth-order valence-electron chi connectivity index (χ4n) is 1.08. The molecular formula is C7H9N2NaO6S3. The Hall–Kier alpha value is -0.270. The summed E-state index contributed by atoms with van der Waals surface area (Å²) < 4.78 is 61.4. The number of benzene rings is 1. The van der Waals surface area contributed by atoms with E-state index in [4.69, 9.17) is 14.8 Å². The molecule has 0 aliphatic carbocycles. The molecular weight excluding hydrogens is 327 g/mol. The molecule has 12 heteroatoms. The number of hydrogen-bond acceptors (Lipinski definition) is 5. The van der Waals surface area contributed by atoms with Gasteiger partial charge in [-0.15, -0.1) is 0 Å². The van der Waals surface area contributed by atoms with Crippen LogP contribution in [0.15, 0.2) is 28.0 Å². The Bertz CT molecular complexity index is 649. The zero-order valence-electron chi connectivity index (χ0n) is 8.56. The summed E-state index contributed by atoms with van der Waals surface area (Å²) >= 11 is 4.49. The van der Waals surface area contributed by atoms with Gasteiger partial charge in [0.05, 0.1) is 9.79 Å². The van der Waals surface area contributed by atoms with Crippen LogP contribution < -0.4 is 11.1 Å². The SMILES string of the molecule is NC(=S)Nc1cc(S(=O)(=O)O)cc(S(=O)(=O)O)c1.[NaH]. The first-order valence-corrected chi connectivity index (χ1v) is 7.45. The topological polar surface area (TPSA) is 147 Å². The van der Waals surface area contributed by atoms with Crippen molar-refractivity contribution in [2.24, 2.45) is 5.73 Å². The first kappa shape index (κ1) is 18.7. The van der Waals surface area contributed by atoms with Crippen LogP contribution in [0, 0.1) is 0 Å². The van der Waals surface area contributed by atoms with Gasteiger partial charge in [-0.1, -0.05) is 0 Å². The molecule has 0 atom stereocenters. The Labute approximate surface area is 137 Å². The summed E-state index contributed by atoms with van der Waals surface area (Å²) in [5.41, 5.74) is 5.03. The molecule has 0 spiro atoms. The van der Waals surface area contributed by atoms with E-state index in [1.807, 2.05) is 0 Å². The third kappa shape index (κ3) is 5.71. The van der Waals surface area contributed by atoms with Crippen molar-refractivity contribution in [1.82, 2.24) is 0 Å². The molecule has 0 saturated heterocycles. The van der Waals surface area contributed by atoms with E-state index in [1.165, 1.54) is 0 Å². The van der Waals surface area contributed by atoms with Crippen molar-refractivity contribution in [3.8, 4) is 0 Å². The maximum atomic E-state index is 10.9. The second-order valence-electron chi connectivity index (χ2n) is 3.13. The van der Waals surface area contributed by atoms with E-state index >= 15 is 0 Å². The van der Waals surface area contributed by atoms with Crippen LogP contribution in [0.5, 0.6) is 0 Å². The number of rotatable bonds is 3. The van der Waals surface area contributed by atoms with Gasteiger partial charge in [-0.05, 0) is 30.4 Å². The quantitative estimate of drug-likeness (QED) is 0.316. The van der Waals surface area contributed by atoms with Crippen molar-refractivity contribution in [3.05, 3.63) is 18.2 Å². The molecule has 0 radical (unpaired) electrons. The molecule has 0 aliphatic heterocycles. The van der Waals surface area contributed by atoms with Gasteiger partial charge >= 0.3 is 29.6 Å². The standard InChI is InChI=1S/C7H8N2O6S3.Na.H/c8-7(16)9-4-1-5(17(10,11)12)3-6(2-4)18(13,14)15;;/h1-3H,(H3,8,9,16)(H,10,11,12)(H,13,14,15);;. The zero-order valence-corrected chi connectivity index (χ0v) is 11.0. The van der Waals surface area contributed by atoms with Crippen LogP contribution in [-0.2, 0) is 20.2 Å². The van der Waals surface area contributed by atoms with Gasteiger partial charge < -0.3 is 11.1 Å². The average Bonchev–Trinajstić information content (AvgIpc) is 2.13. The summed E-state index contributed by atoms with van der Waals surface area (Å²) in [5, 5.41) is 2.04. The van der Waals surface area contributed by atoms with Gasteiger partial charge in [0.25, 0.3) is 20.2 Å². The van der Waals surface area contributed by atoms with Gasteiger partial charge in [0.2, 0.25) is 0 Å². The van der Waals surface area contributed by atoms with Crippen molar-refractivity contribution in [2.45, 2.75) is 9.79 Å². The predicted molar refractivity (Wildman–Crippen MR) is 73.6 cm³/mol. The van der Waals surface area contributed by atoms with E-state index in [-0.39, 0.29) is 40.4 Å². The molecule has 0 heterocycles. The number of thiocarbonyl (C=S) groups is 1. The molecule has 0 bridgehead atoms. The van der Waals surface area contributed by atoms with Gasteiger partial charge in [-0.3, -0.25) is 9.11 Å². The Balaban J connectivity index is 0.00000324. The number of nitrogens with one attached hydrogen (secondary N) is 1. The number of anilines is 1. The van der Waals surface area contributed by atoms with Crippen molar-refractivity contribution in [2.75, 3.05) is 5.32 Å². The normalized spacial score (nSPS) is 11.5. The van der Waals surface area contributed by atoms with Gasteiger partial charge in [-0.25, -0.2) is 0 Å². The maximum absolute atomic E-state index is 10.9. The molecule has 1 aromatic rings. The third-order valence-electron chi connectivity index (χ3n) is 1.74. The molecule has 0 fully saturated rings. The molecule has 0 saturated carbocycles. The third-order valence-corrected chi connectivity index (χ3v) is 3.51. The Morgan fingerprint density at radius 3 is 1.68 bits per heavy atom. The van der Waals surface area contributed by atoms with Crippen LogP contribution in [0.1, 0.15) is 0 Å². The summed E-state index contributed by atoms with van der Waals surface area (Å²) in [6, 6.07) is 2.40. The van der Waals surface area contributed by atoms with E-state index in [2.05, 4.69) is 17.5 Å². The first-order valence-electron chi connectivity index (χ1n) is 4.16. The fourth-order valence-corrected chi connectivity index (χ4v) is 2.38. The minimum atomic E-state index is -4.64. The Kier molecular flexibility index (Phi) is 6.36. The van der Waals surface area contributed by atoms with Gasteiger partial charge in [-0.2, -0.15) is 16.8 Å². The monoisotopic (exact) mass is 336 g/mol. The molecule has 0 aliphatic rings. The Morgan fingerprint density at radius 1 is 1.05 bits per heavy atom. The second-order valence-corrected chi connectivity index (χ2v) is 6.42. The summed E-state index contributed by atoms with van der Waals surface area (Å²) in [7, 11) is -9.29. The van der Waals surface area contributed by atoms with Crippen LogP contribution in [0.3, 0.4) is 0 Å². The molecule has 102 valence electrons. The van der Waals surface area contributed by atoms with Gasteiger partial charge in [0.1, 0.15) is 0 Å².